The highest BCUT2D eigenvalue weighted by Crippen LogP contribution is 2.27. The van der Waals surface area contributed by atoms with Crippen LogP contribution >= 0.6 is 0 Å². The van der Waals surface area contributed by atoms with E-state index in [0.29, 0.717) is 19.6 Å². The number of likely N-dealkylation sites (tertiary alicyclic amines) is 1. The summed E-state index contributed by atoms with van der Waals surface area (Å²) in [4.78, 5) is 15.2. The number of rotatable bonds is 10. The monoisotopic (exact) mass is 463 g/mol. The molecule has 0 aliphatic carbocycles. The Morgan fingerprint density at radius 3 is 2.56 bits per heavy atom. The molecule has 0 spiro atoms. The summed E-state index contributed by atoms with van der Waals surface area (Å²) in [6.45, 7) is 6.86. The minimum atomic E-state index is 0.0106. The number of aryl methyl sites for hydroxylation is 2. The summed E-state index contributed by atoms with van der Waals surface area (Å²) >= 11 is 0. The number of nitrogens with one attached hydrogen (secondary N) is 1. The van der Waals surface area contributed by atoms with E-state index in [1.54, 1.807) is 7.11 Å². The Kier molecular flexibility index (Phi) is 7.85. The van der Waals surface area contributed by atoms with E-state index in [1.165, 1.54) is 18.4 Å². The highest BCUT2D eigenvalue weighted by molar-refractivity contribution is 5.78. The third-order valence-corrected chi connectivity index (χ3v) is 6.40. The van der Waals surface area contributed by atoms with E-state index in [2.05, 4.69) is 27.5 Å². The lowest BCUT2D eigenvalue weighted by atomic mass is 10.0. The van der Waals surface area contributed by atoms with Crippen molar-refractivity contribution in [3.63, 3.8) is 0 Å². The lowest BCUT2D eigenvalue weighted by molar-refractivity contribution is -0.120. The number of aromatic nitrogens is 1. The molecule has 1 saturated heterocycles. The molecule has 1 fully saturated rings. The second-order valence-electron chi connectivity index (χ2n) is 8.75. The van der Waals surface area contributed by atoms with Crippen LogP contribution in [0.4, 0.5) is 0 Å². The van der Waals surface area contributed by atoms with Gasteiger partial charge in [-0.3, -0.25) is 9.69 Å². The smallest absolute Gasteiger partial charge is 0.224 e. The molecule has 0 bridgehead atoms. The second kappa shape index (κ2) is 11.2. The van der Waals surface area contributed by atoms with E-state index in [-0.39, 0.29) is 11.9 Å². The van der Waals surface area contributed by atoms with Crippen LogP contribution in [-0.2, 0) is 17.8 Å². The molecule has 2 aromatic carbocycles. The molecule has 7 heteroatoms. The molecule has 1 amide bonds. The van der Waals surface area contributed by atoms with Crippen molar-refractivity contribution in [3.05, 3.63) is 76.7 Å². The first-order chi connectivity index (χ1) is 16.5. The maximum absolute atomic E-state index is 12.7. The van der Waals surface area contributed by atoms with Crippen LogP contribution in [0.25, 0.3) is 0 Å². The van der Waals surface area contributed by atoms with Crippen molar-refractivity contribution in [1.29, 1.82) is 0 Å². The summed E-state index contributed by atoms with van der Waals surface area (Å²) in [5.74, 6) is 2.37. The van der Waals surface area contributed by atoms with Crippen LogP contribution in [0.5, 0.6) is 11.5 Å². The minimum absolute atomic E-state index is 0.0106. The largest absolute Gasteiger partial charge is 0.497 e. The summed E-state index contributed by atoms with van der Waals surface area (Å²) in [5, 5.41) is 7.09. The minimum Gasteiger partial charge on any atom is -0.497 e. The zero-order valence-electron chi connectivity index (χ0n) is 20.2. The molecule has 1 unspecified atom stereocenters. The number of carbonyl (C=O) groups excluding carboxylic acids is 1. The van der Waals surface area contributed by atoms with E-state index in [4.69, 9.17) is 14.0 Å². The van der Waals surface area contributed by atoms with Gasteiger partial charge in [0.1, 0.15) is 23.9 Å². The van der Waals surface area contributed by atoms with Crippen molar-refractivity contribution in [3.8, 4) is 11.5 Å². The highest BCUT2D eigenvalue weighted by Gasteiger charge is 2.24. The predicted molar refractivity (Wildman–Crippen MR) is 130 cm³/mol. The van der Waals surface area contributed by atoms with Crippen LogP contribution in [-0.4, -0.2) is 42.7 Å². The van der Waals surface area contributed by atoms with Gasteiger partial charge in [0, 0.05) is 6.54 Å². The van der Waals surface area contributed by atoms with E-state index in [0.717, 1.165) is 47.2 Å². The molecule has 1 aromatic heterocycles. The third kappa shape index (κ3) is 5.97. The number of ether oxygens (including phenoxy) is 2. The van der Waals surface area contributed by atoms with Gasteiger partial charge in [0.25, 0.3) is 0 Å². The number of carbonyl (C=O) groups is 1. The molecule has 1 atom stereocenters. The molecule has 1 aliphatic heterocycles. The van der Waals surface area contributed by atoms with Gasteiger partial charge in [-0.05, 0) is 75.2 Å². The van der Waals surface area contributed by atoms with Gasteiger partial charge in [-0.25, -0.2) is 0 Å². The average Bonchev–Trinajstić information content (AvgIpc) is 3.49. The molecule has 34 heavy (non-hydrogen) atoms. The van der Waals surface area contributed by atoms with Crippen molar-refractivity contribution >= 4 is 5.91 Å². The molecule has 7 nitrogen and oxygen atoms in total. The summed E-state index contributed by atoms with van der Waals surface area (Å²) in [6, 6.07) is 15.9. The third-order valence-electron chi connectivity index (χ3n) is 6.40. The maximum atomic E-state index is 12.7. The van der Waals surface area contributed by atoms with Gasteiger partial charge in [-0.15, -0.1) is 0 Å². The molecule has 0 saturated carbocycles. The van der Waals surface area contributed by atoms with Gasteiger partial charge in [0.05, 0.1) is 30.8 Å². The van der Waals surface area contributed by atoms with Crippen LogP contribution in [0.1, 0.15) is 47.0 Å². The van der Waals surface area contributed by atoms with Crippen LogP contribution < -0.4 is 14.8 Å². The first-order valence-electron chi connectivity index (χ1n) is 11.8. The van der Waals surface area contributed by atoms with E-state index >= 15 is 0 Å². The number of nitrogens with zero attached hydrogens (tertiary/aromatic N) is 2. The highest BCUT2D eigenvalue weighted by atomic mass is 16.5. The predicted octanol–water partition coefficient (Wildman–Crippen LogP) is 4.37. The quantitative estimate of drug-likeness (QED) is 0.481. The Labute approximate surface area is 201 Å². The Hall–Kier alpha value is -3.32. The average molecular weight is 464 g/mol. The van der Waals surface area contributed by atoms with Crippen molar-refractivity contribution < 1.29 is 18.8 Å². The molecule has 2 heterocycles. The molecule has 180 valence electrons. The van der Waals surface area contributed by atoms with Gasteiger partial charge in [0.15, 0.2) is 0 Å². The van der Waals surface area contributed by atoms with Gasteiger partial charge in [-0.1, -0.05) is 29.4 Å². The topological polar surface area (TPSA) is 76.8 Å². The number of methoxy groups -OCH3 is 1. The van der Waals surface area contributed by atoms with Gasteiger partial charge < -0.3 is 19.3 Å². The zero-order chi connectivity index (χ0) is 23.9. The van der Waals surface area contributed by atoms with Gasteiger partial charge >= 0.3 is 0 Å². The fraction of sp³-hybridized carbons (Fsp3) is 0.407. The van der Waals surface area contributed by atoms with Crippen LogP contribution in [0.2, 0.25) is 0 Å². The van der Waals surface area contributed by atoms with Crippen molar-refractivity contribution in [2.75, 3.05) is 26.7 Å². The Morgan fingerprint density at radius 2 is 1.88 bits per heavy atom. The standard InChI is InChI=1S/C27H33N3O4/c1-19-25(20(2)34-29-19)18-33-23-11-9-21(10-12-23)15-27(31)28-17-26(30-13-4-5-14-30)22-7-6-8-24(16-22)32-3/h6-12,16,26H,4-5,13-15,17-18H2,1-3H3,(H,28,31). The summed E-state index contributed by atoms with van der Waals surface area (Å²) in [5.41, 5.74) is 3.92. The molecular formula is C27H33N3O4. The number of benzene rings is 2. The first-order valence-corrected chi connectivity index (χ1v) is 11.8. The van der Waals surface area contributed by atoms with E-state index in [1.807, 2.05) is 50.2 Å². The van der Waals surface area contributed by atoms with Crippen LogP contribution in [0.15, 0.2) is 53.1 Å². The van der Waals surface area contributed by atoms with E-state index < -0.39 is 0 Å². The summed E-state index contributed by atoms with van der Waals surface area (Å²) in [6.07, 6.45) is 2.72. The Morgan fingerprint density at radius 1 is 1.12 bits per heavy atom. The Balaban J connectivity index is 1.32. The SMILES string of the molecule is COc1cccc(C(CNC(=O)Cc2ccc(OCc3c(C)noc3C)cc2)N2CCCC2)c1. The fourth-order valence-electron chi connectivity index (χ4n) is 4.39. The zero-order valence-corrected chi connectivity index (χ0v) is 20.2. The van der Waals surface area contributed by atoms with Crippen molar-refractivity contribution in [2.24, 2.45) is 0 Å². The van der Waals surface area contributed by atoms with Gasteiger partial charge in [0.2, 0.25) is 5.91 Å². The summed E-state index contributed by atoms with van der Waals surface area (Å²) in [7, 11) is 1.68. The number of hydrogen-bond donors (Lipinski definition) is 1. The molecule has 4 rings (SSSR count). The van der Waals surface area contributed by atoms with Gasteiger partial charge in [-0.2, -0.15) is 0 Å². The number of amides is 1. The molecule has 1 N–H and O–H groups in total. The number of hydrogen-bond acceptors (Lipinski definition) is 6. The lowest BCUT2D eigenvalue weighted by Crippen LogP contribution is -2.37. The second-order valence-corrected chi connectivity index (χ2v) is 8.75. The van der Waals surface area contributed by atoms with Crippen molar-refractivity contribution in [2.45, 2.75) is 45.8 Å². The van der Waals surface area contributed by atoms with Crippen molar-refractivity contribution in [1.82, 2.24) is 15.4 Å². The summed E-state index contributed by atoms with van der Waals surface area (Å²) < 4.78 is 16.4. The molecular weight excluding hydrogens is 430 g/mol. The Bertz CT molecular complexity index is 1070. The van der Waals surface area contributed by atoms with Crippen LogP contribution in [0.3, 0.4) is 0 Å². The normalized spacial score (nSPS) is 14.7. The lowest BCUT2D eigenvalue weighted by Gasteiger charge is -2.28. The molecule has 1 aliphatic rings. The molecule has 3 aromatic rings. The fourth-order valence-corrected chi connectivity index (χ4v) is 4.39. The maximum Gasteiger partial charge on any atom is 0.224 e. The molecule has 0 radical (unpaired) electrons. The van der Waals surface area contributed by atoms with E-state index in [9.17, 15) is 4.79 Å². The first kappa shape index (κ1) is 23.8. The van der Waals surface area contributed by atoms with Crippen LogP contribution in [0, 0.1) is 13.8 Å².